The van der Waals surface area contributed by atoms with Gasteiger partial charge >= 0.3 is 5.97 Å². The number of hydrogen-bond acceptors (Lipinski definition) is 4. The zero-order valence-corrected chi connectivity index (χ0v) is 12.4. The van der Waals surface area contributed by atoms with E-state index >= 15 is 0 Å². The molecule has 0 atom stereocenters. The van der Waals surface area contributed by atoms with E-state index < -0.39 is 0 Å². The summed E-state index contributed by atoms with van der Waals surface area (Å²) in [5.74, 6) is -0.276. The van der Waals surface area contributed by atoms with Gasteiger partial charge in [-0.25, -0.2) is 0 Å². The lowest BCUT2D eigenvalue weighted by Crippen LogP contribution is -2.07. The van der Waals surface area contributed by atoms with Crippen LogP contribution in [0.2, 0.25) is 0 Å². The Morgan fingerprint density at radius 2 is 1.77 bits per heavy atom. The van der Waals surface area contributed by atoms with E-state index in [-0.39, 0.29) is 23.9 Å². The van der Waals surface area contributed by atoms with Crippen LogP contribution in [0.1, 0.15) is 24.0 Å². The fourth-order valence-electron chi connectivity index (χ4n) is 2.18. The van der Waals surface area contributed by atoms with Crippen molar-refractivity contribution in [2.75, 3.05) is 6.61 Å². The number of carbonyl (C=O) groups excluding carboxylic acids is 1. The molecule has 2 aromatic carbocycles. The Bertz CT molecular complexity index is 608. The highest BCUT2D eigenvalue weighted by molar-refractivity contribution is 5.69. The van der Waals surface area contributed by atoms with Crippen molar-refractivity contribution in [3.63, 3.8) is 0 Å². The third-order valence-electron chi connectivity index (χ3n) is 3.38. The van der Waals surface area contributed by atoms with E-state index in [1.165, 1.54) is 17.7 Å². The quantitative estimate of drug-likeness (QED) is 0.608. The van der Waals surface area contributed by atoms with Gasteiger partial charge in [0, 0.05) is 12.5 Å². The topological polar surface area (TPSA) is 66.8 Å². The predicted octanol–water partition coefficient (Wildman–Crippen LogP) is 3.21. The van der Waals surface area contributed by atoms with Crippen LogP contribution >= 0.6 is 0 Å². The van der Waals surface area contributed by atoms with Gasteiger partial charge in [0.1, 0.15) is 11.5 Å². The fraction of sp³-hybridized carbons (Fsp3) is 0.278. The molecule has 0 aromatic heterocycles. The molecule has 0 heterocycles. The van der Waals surface area contributed by atoms with Crippen LogP contribution in [-0.2, 0) is 22.4 Å². The van der Waals surface area contributed by atoms with Crippen LogP contribution < -0.4 is 0 Å². The number of phenolic OH excluding ortho intramolecular Hbond substituents is 2. The van der Waals surface area contributed by atoms with Gasteiger partial charge in [-0.15, -0.1) is 0 Å². The molecule has 0 unspecified atom stereocenters. The van der Waals surface area contributed by atoms with Crippen LogP contribution in [0.5, 0.6) is 11.5 Å². The minimum atomic E-state index is -0.277. The number of aromatic hydroxyl groups is 2. The minimum Gasteiger partial charge on any atom is -0.508 e. The number of ether oxygens (including phenoxy) is 1. The van der Waals surface area contributed by atoms with Gasteiger partial charge < -0.3 is 14.9 Å². The van der Waals surface area contributed by atoms with E-state index in [0.29, 0.717) is 18.6 Å². The normalized spacial score (nSPS) is 10.4. The van der Waals surface area contributed by atoms with Crippen LogP contribution in [0.3, 0.4) is 0 Å². The van der Waals surface area contributed by atoms with Gasteiger partial charge in [0.15, 0.2) is 0 Å². The summed E-state index contributed by atoms with van der Waals surface area (Å²) in [6, 6.07) is 14.4. The van der Waals surface area contributed by atoms with E-state index in [0.717, 1.165) is 12.8 Å². The van der Waals surface area contributed by atoms with Crippen LogP contribution in [0, 0.1) is 0 Å². The zero-order valence-electron chi connectivity index (χ0n) is 12.4. The van der Waals surface area contributed by atoms with Gasteiger partial charge in [0.05, 0.1) is 6.61 Å². The maximum absolute atomic E-state index is 11.7. The Labute approximate surface area is 130 Å². The summed E-state index contributed by atoms with van der Waals surface area (Å²) < 4.78 is 5.18. The SMILES string of the molecule is O=C(CCc1ccc(O)cc1O)OCCCc1ccccc1. The summed E-state index contributed by atoms with van der Waals surface area (Å²) in [7, 11) is 0. The van der Waals surface area contributed by atoms with Gasteiger partial charge in [-0.3, -0.25) is 4.79 Å². The lowest BCUT2D eigenvalue weighted by molar-refractivity contribution is -0.143. The number of esters is 1. The third kappa shape index (κ3) is 5.13. The summed E-state index contributed by atoms with van der Waals surface area (Å²) in [5, 5.41) is 18.8. The molecule has 0 saturated carbocycles. The first-order chi connectivity index (χ1) is 10.6. The van der Waals surface area contributed by atoms with Crippen molar-refractivity contribution in [1.82, 2.24) is 0 Å². The Balaban J connectivity index is 1.65. The summed E-state index contributed by atoms with van der Waals surface area (Å²) in [6.45, 7) is 0.398. The van der Waals surface area contributed by atoms with E-state index in [4.69, 9.17) is 4.74 Å². The van der Waals surface area contributed by atoms with E-state index in [1.807, 2.05) is 18.2 Å². The summed E-state index contributed by atoms with van der Waals surface area (Å²) in [4.78, 5) is 11.7. The molecule has 4 heteroatoms. The van der Waals surface area contributed by atoms with Gasteiger partial charge in [-0.1, -0.05) is 36.4 Å². The smallest absolute Gasteiger partial charge is 0.306 e. The highest BCUT2D eigenvalue weighted by atomic mass is 16.5. The molecule has 0 amide bonds. The minimum absolute atomic E-state index is 0.00289. The molecule has 0 aliphatic carbocycles. The number of benzene rings is 2. The Morgan fingerprint density at radius 3 is 2.50 bits per heavy atom. The number of carbonyl (C=O) groups is 1. The summed E-state index contributed by atoms with van der Waals surface area (Å²) >= 11 is 0. The molecule has 0 radical (unpaired) electrons. The van der Waals surface area contributed by atoms with E-state index in [9.17, 15) is 15.0 Å². The first-order valence-corrected chi connectivity index (χ1v) is 7.35. The molecule has 0 aliphatic rings. The molecule has 116 valence electrons. The van der Waals surface area contributed by atoms with Crippen molar-refractivity contribution in [2.24, 2.45) is 0 Å². The highest BCUT2D eigenvalue weighted by Crippen LogP contribution is 2.23. The molecule has 0 saturated heterocycles. The Morgan fingerprint density at radius 1 is 1.00 bits per heavy atom. The molecular weight excluding hydrogens is 280 g/mol. The number of hydrogen-bond donors (Lipinski definition) is 2. The van der Waals surface area contributed by atoms with Gasteiger partial charge in [0.25, 0.3) is 0 Å². The van der Waals surface area contributed by atoms with Gasteiger partial charge in [-0.2, -0.15) is 0 Å². The average Bonchev–Trinajstić information content (AvgIpc) is 2.52. The maximum atomic E-state index is 11.7. The van der Waals surface area contributed by atoms with Crippen LogP contribution in [0.25, 0.3) is 0 Å². The van der Waals surface area contributed by atoms with Crippen LogP contribution in [0.4, 0.5) is 0 Å². The largest absolute Gasteiger partial charge is 0.508 e. The molecule has 0 bridgehead atoms. The standard InChI is InChI=1S/C18H20O4/c19-16-10-8-15(17(20)13-16)9-11-18(21)22-12-4-7-14-5-2-1-3-6-14/h1-3,5-6,8,10,13,19-20H,4,7,9,11-12H2. The van der Waals surface area contributed by atoms with Crippen LogP contribution in [0.15, 0.2) is 48.5 Å². The molecule has 22 heavy (non-hydrogen) atoms. The molecular formula is C18H20O4. The number of rotatable bonds is 7. The Hall–Kier alpha value is -2.49. The second-order valence-electron chi connectivity index (χ2n) is 5.12. The van der Waals surface area contributed by atoms with Gasteiger partial charge in [0.2, 0.25) is 0 Å². The zero-order chi connectivity index (χ0) is 15.8. The second kappa shape index (κ2) is 8.08. The monoisotopic (exact) mass is 300 g/mol. The molecule has 4 nitrogen and oxygen atoms in total. The maximum Gasteiger partial charge on any atom is 0.306 e. The first kappa shape index (κ1) is 15.9. The van der Waals surface area contributed by atoms with Crippen molar-refractivity contribution in [1.29, 1.82) is 0 Å². The van der Waals surface area contributed by atoms with Crippen molar-refractivity contribution in [3.8, 4) is 11.5 Å². The number of phenols is 2. The molecule has 0 spiro atoms. The third-order valence-corrected chi connectivity index (χ3v) is 3.38. The molecule has 2 N–H and O–H groups in total. The van der Waals surface area contributed by atoms with Crippen molar-refractivity contribution in [3.05, 3.63) is 59.7 Å². The highest BCUT2D eigenvalue weighted by Gasteiger charge is 2.07. The molecule has 2 rings (SSSR count). The lowest BCUT2D eigenvalue weighted by atomic mass is 10.1. The Kier molecular flexibility index (Phi) is 5.83. The predicted molar refractivity (Wildman–Crippen MR) is 83.8 cm³/mol. The molecule has 2 aromatic rings. The second-order valence-corrected chi connectivity index (χ2v) is 5.12. The van der Waals surface area contributed by atoms with E-state index in [2.05, 4.69) is 12.1 Å². The van der Waals surface area contributed by atoms with Crippen LogP contribution in [-0.4, -0.2) is 22.8 Å². The average molecular weight is 300 g/mol. The van der Waals surface area contributed by atoms with E-state index in [1.54, 1.807) is 6.07 Å². The molecule has 0 fully saturated rings. The van der Waals surface area contributed by atoms with Gasteiger partial charge in [-0.05, 0) is 36.5 Å². The number of aryl methyl sites for hydroxylation is 2. The van der Waals surface area contributed by atoms with Crippen molar-refractivity contribution < 1.29 is 19.7 Å². The first-order valence-electron chi connectivity index (χ1n) is 7.35. The van der Waals surface area contributed by atoms with Crippen molar-refractivity contribution in [2.45, 2.75) is 25.7 Å². The summed E-state index contributed by atoms with van der Waals surface area (Å²) in [5.41, 5.74) is 1.85. The molecule has 0 aliphatic heterocycles. The lowest BCUT2D eigenvalue weighted by Gasteiger charge is -2.06. The fourth-order valence-corrected chi connectivity index (χ4v) is 2.18. The van der Waals surface area contributed by atoms with Crippen molar-refractivity contribution >= 4 is 5.97 Å². The summed E-state index contributed by atoms with van der Waals surface area (Å²) in [6.07, 6.45) is 2.28.